The van der Waals surface area contributed by atoms with Gasteiger partial charge in [-0.1, -0.05) is 13.8 Å². The molecule has 3 nitrogen and oxygen atoms in total. The number of nitrogens with one attached hydrogen (secondary N) is 1. The smallest absolute Gasteiger partial charge is 0.333 e. The first-order valence-corrected chi connectivity index (χ1v) is 3.72. The maximum Gasteiger partial charge on any atom is 0.333 e. The Hall–Kier alpha value is -0.795. The zero-order valence-corrected chi connectivity index (χ0v) is 7.18. The molecule has 1 atom stereocenters. The second kappa shape index (κ2) is 4.94. The van der Waals surface area contributed by atoms with Crippen LogP contribution in [0, 0.1) is 5.92 Å². The van der Waals surface area contributed by atoms with E-state index in [1.165, 1.54) is 14.3 Å². The molecule has 0 saturated heterocycles. The van der Waals surface area contributed by atoms with Crippen LogP contribution in [-0.2, 0) is 9.59 Å². The van der Waals surface area contributed by atoms with Crippen molar-refractivity contribution < 1.29 is 9.59 Å². The van der Waals surface area contributed by atoms with Crippen LogP contribution in [0.25, 0.3) is 0 Å². The van der Waals surface area contributed by atoms with E-state index in [2.05, 4.69) is 5.23 Å². The summed E-state index contributed by atoms with van der Waals surface area (Å²) in [4.78, 5) is 21.4. The molecule has 1 N–H and O–H groups in total. The zero-order chi connectivity index (χ0) is 8.85. The first-order valence-electron chi connectivity index (χ1n) is 3.72. The predicted octanol–water partition coefficient (Wildman–Crippen LogP) is 0.314. The Morgan fingerprint density at radius 2 is 2.09 bits per heavy atom. The molecule has 0 heterocycles. The van der Waals surface area contributed by atoms with Crippen LogP contribution < -0.4 is 5.23 Å². The average molecular weight is 154 g/mol. The number of carbonyl (C=O) groups is 2. The summed E-state index contributed by atoms with van der Waals surface area (Å²) in [6.45, 7) is 5.14. The molecular formula is C7H13BNO2. The van der Waals surface area contributed by atoms with Gasteiger partial charge >= 0.3 is 7.41 Å². The van der Waals surface area contributed by atoms with E-state index in [1.54, 1.807) is 0 Å². The number of hydrogen-bond donors (Lipinski definition) is 1. The van der Waals surface area contributed by atoms with E-state index in [9.17, 15) is 9.59 Å². The summed E-state index contributed by atoms with van der Waals surface area (Å²) < 4.78 is 0. The number of hydrogen-bond acceptors (Lipinski definition) is 2. The van der Waals surface area contributed by atoms with Crippen molar-refractivity contribution >= 4 is 19.0 Å². The fourth-order valence-corrected chi connectivity index (χ4v) is 0.516. The highest BCUT2D eigenvalue weighted by Gasteiger charge is 2.12. The molecule has 0 saturated carbocycles. The van der Waals surface area contributed by atoms with Gasteiger partial charge in [-0.2, -0.15) is 0 Å². The fraction of sp³-hybridized carbons (Fsp3) is 0.714. The van der Waals surface area contributed by atoms with Crippen molar-refractivity contribution in [2.24, 2.45) is 5.92 Å². The van der Waals surface area contributed by atoms with Crippen molar-refractivity contribution in [3.8, 4) is 0 Å². The van der Waals surface area contributed by atoms with Gasteiger partial charge in [0.2, 0.25) is 5.91 Å². The quantitative estimate of drug-likeness (QED) is 0.592. The molecular weight excluding hydrogens is 141 g/mol. The van der Waals surface area contributed by atoms with Gasteiger partial charge in [0.15, 0.2) is 0 Å². The van der Waals surface area contributed by atoms with Gasteiger partial charge < -0.3 is 10.0 Å². The molecule has 0 aliphatic rings. The van der Waals surface area contributed by atoms with Crippen LogP contribution in [-0.4, -0.2) is 19.0 Å². The Kier molecular flexibility index (Phi) is 4.58. The molecule has 1 unspecified atom stereocenters. The topological polar surface area (TPSA) is 46.2 Å². The van der Waals surface area contributed by atoms with Gasteiger partial charge in [-0.05, 0) is 6.42 Å². The van der Waals surface area contributed by atoms with Gasteiger partial charge in [-0.15, -0.1) is 0 Å². The third-order valence-electron chi connectivity index (χ3n) is 1.52. The summed E-state index contributed by atoms with van der Waals surface area (Å²) in [5, 5.41) is 2.35. The number of rotatable bonds is 4. The van der Waals surface area contributed by atoms with Gasteiger partial charge in [-0.3, -0.25) is 4.79 Å². The highest BCUT2D eigenvalue weighted by molar-refractivity contribution is 6.73. The SMILES string of the molecule is CCC(C)C(=O)[B]NC(C)=O. The van der Waals surface area contributed by atoms with E-state index in [1.807, 2.05) is 13.8 Å². The lowest BCUT2D eigenvalue weighted by molar-refractivity contribution is -0.119. The molecule has 0 aliphatic heterocycles. The Morgan fingerprint density at radius 1 is 1.55 bits per heavy atom. The molecule has 0 aromatic rings. The van der Waals surface area contributed by atoms with Crippen molar-refractivity contribution in [3.63, 3.8) is 0 Å². The van der Waals surface area contributed by atoms with Gasteiger partial charge in [0.25, 0.3) is 0 Å². The van der Waals surface area contributed by atoms with Crippen LogP contribution >= 0.6 is 0 Å². The van der Waals surface area contributed by atoms with Crippen LogP contribution in [0.5, 0.6) is 0 Å². The predicted molar refractivity (Wildman–Crippen MR) is 44.0 cm³/mol. The Bertz CT molecular complexity index is 159. The molecule has 0 aromatic heterocycles. The summed E-state index contributed by atoms with van der Waals surface area (Å²) in [6.07, 6.45) is 0.801. The van der Waals surface area contributed by atoms with Gasteiger partial charge in [-0.25, -0.2) is 0 Å². The molecule has 0 fully saturated rings. The second-order valence-corrected chi connectivity index (χ2v) is 2.56. The second-order valence-electron chi connectivity index (χ2n) is 2.56. The Morgan fingerprint density at radius 3 is 2.45 bits per heavy atom. The molecule has 0 aliphatic carbocycles. The molecule has 0 aromatic carbocycles. The lowest BCUT2D eigenvalue weighted by atomic mass is 9.78. The minimum atomic E-state index is -0.207. The van der Waals surface area contributed by atoms with Crippen LogP contribution in [0.15, 0.2) is 0 Å². The van der Waals surface area contributed by atoms with E-state index in [4.69, 9.17) is 0 Å². The van der Waals surface area contributed by atoms with Gasteiger partial charge in [0, 0.05) is 12.8 Å². The molecule has 4 heteroatoms. The van der Waals surface area contributed by atoms with E-state index < -0.39 is 0 Å². The zero-order valence-electron chi connectivity index (χ0n) is 7.18. The van der Waals surface area contributed by atoms with Crippen molar-refractivity contribution in [1.82, 2.24) is 5.23 Å². The fourth-order valence-electron chi connectivity index (χ4n) is 0.516. The standard InChI is InChI=1S/C7H13BNO2/c1-4-5(2)7(11)8-9-6(3)10/h5H,4H2,1-3H3,(H,9,10). The summed E-state index contributed by atoms with van der Waals surface area (Å²) in [7, 11) is 1.23. The van der Waals surface area contributed by atoms with Crippen LogP contribution in [0.1, 0.15) is 27.2 Å². The molecule has 1 amide bonds. The van der Waals surface area contributed by atoms with Crippen molar-refractivity contribution in [2.75, 3.05) is 0 Å². The first-order chi connectivity index (χ1) is 5.07. The molecule has 61 valence electrons. The molecule has 0 spiro atoms. The summed E-state index contributed by atoms with van der Waals surface area (Å²) in [5.41, 5.74) is -0.0253. The maximum absolute atomic E-state index is 11.0. The largest absolute Gasteiger partial charge is 0.396 e. The first kappa shape index (κ1) is 10.2. The third-order valence-corrected chi connectivity index (χ3v) is 1.52. The summed E-state index contributed by atoms with van der Waals surface area (Å²) in [6, 6.07) is 0. The minimum Gasteiger partial charge on any atom is -0.396 e. The highest BCUT2D eigenvalue weighted by Crippen LogP contribution is 1.99. The molecule has 0 rings (SSSR count). The van der Waals surface area contributed by atoms with Crippen LogP contribution in [0.4, 0.5) is 0 Å². The lowest BCUT2D eigenvalue weighted by Gasteiger charge is -2.04. The monoisotopic (exact) mass is 154 g/mol. The Balaban J connectivity index is 3.60. The van der Waals surface area contributed by atoms with Crippen molar-refractivity contribution in [3.05, 3.63) is 0 Å². The molecule has 0 bridgehead atoms. The summed E-state index contributed by atoms with van der Waals surface area (Å²) in [5.74, 6) is -0.205. The van der Waals surface area contributed by atoms with Crippen molar-refractivity contribution in [2.45, 2.75) is 27.2 Å². The summed E-state index contributed by atoms with van der Waals surface area (Å²) >= 11 is 0. The third kappa shape index (κ3) is 4.59. The van der Waals surface area contributed by atoms with E-state index >= 15 is 0 Å². The normalized spacial score (nSPS) is 11.9. The Labute approximate surface area is 67.8 Å². The van der Waals surface area contributed by atoms with Gasteiger partial charge in [0.05, 0.1) is 0 Å². The number of amides is 1. The lowest BCUT2D eigenvalue weighted by Crippen LogP contribution is -2.34. The highest BCUT2D eigenvalue weighted by atomic mass is 16.1. The number of carbonyl (C=O) groups excluding carboxylic acids is 2. The molecule has 11 heavy (non-hydrogen) atoms. The average Bonchev–Trinajstić information content (AvgIpc) is 1.98. The van der Waals surface area contributed by atoms with E-state index in [0.717, 1.165) is 6.42 Å². The minimum absolute atomic E-state index is 0.00171. The van der Waals surface area contributed by atoms with E-state index in [-0.39, 0.29) is 17.5 Å². The molecule has 1 radical (unpaired) electrons. The van der Waals surface area contributed by atoms with Crippen LogP contribution in [0.2, 0.25) is 0 Å². The maximum atomic E-state index is 11.0. The van der Waals surface area contributed by atoms with Crippen LogP contribution in [0.3, 0.4) is 0 Å². The van der Waals surface area contributed by atoms with E-state index in [0.29, 0.717) is 0 Å². The van der Waals surface area contributed by atoms with Crippen molar-refractivity contribution in [1.29, 1.82) is 0 Å². The van der Waals surface area contributed by atoms with Gasteiger partial charge in [0.1, 0.15) is 5.68 Å².